The van der Waals surface area contributed by atoms with E-state index in [0.29, 0.717) is 26.2 Å². The fourth-order valence-corrected chi connectivity index (χ4v) is 3.63. The number of anilines is 1. The summed E-state index contributed by atoms with van der Waals surface area (Å²) in [5.41, 5.74) is 2.86. The molecule has 6 nitrogen and oxygen atoms in total. The number of benzene rings is 1. The van der Waals surface area contributed by atoms with E-state index in [1.807, 2.05) is 36.9 Å². The zero-order valence-corrected chi connectivity index (χ0v) is 18.2. The highest BCUT2D eigenvalue weighted by atomic mass is 35.5. The molecule has 2 amide bonds. The standard InChI is InChI=1S/C19H26F2N4O2.2ClH/c1-13-4-3-5-14(2)17(13)23-16(26)11-24-6-8-25(9-7-24)18(27)15-10-19(20,21)12-22-15;;/h3-5,15,22H,6-12H2,1-2H3,(H,23,26);2*1H. The van der Waals surface area contributed by atoms with Gasteiger partial charge >= 0.3 is 0 Å². The van der Waals surface area contributed by atoms with Crippen LogP contribution in [0, 0.1) is 13.8 Å². The van der Waals surface area contributed by atoms with Crippen LogP contribution in [0.1, 0.15) is 17.5 Å². The molecule has 2 saturated heterocycles. The van der Waals surface area contributed by atoms with E-state index in [-0.39, 0.29) is 43.2 Å². The lowest BCUT2D eigenvalue weighted by molar-refractivity contribution is -0.135. The molecule has 1 aromatic rings. The number of aryl methyl sites for hydroxylation is 2. The van der Waals surface area contributed by atoms with Crippen LogP contribution in [0.3, 0.4) is 0 Å². The Kier molecular flexibility index (Phi) is 9.27. The van der Waals surface area contributed by atoms with Gasteiger partial charge in [-0.3, -0.25) is 19.8 Å². The maximum Gasteiger partial charge on any atom is 0.262 e. The Labute approximate surface area is 182 Å². The van der Waals surface area contributed by atoms with E-state index in [1.165, 1.54) is 0 Å². The molecule has 3 rings (SSSR count). The van der Waals surface area contributed by atoms with Gasteiger partial charge in [0.2, 0.25) is 11.8 Å². The summed E-state index contributed by atoms with van der Waals surface area (Å²) in [5.74, 6) is -3.18. The Balaban J connectivity index is 0.00000210. The van der Waals surface area contributed by atoms with Crippen molar-refractivity contribution < 1.29 is 18.4 Å². The number of halogens is 4. The zero-order chi connectivity index (χ0) is 19.6. The molecule has 1 atom stereocenters. The van der Waals surface area contributed by atoms with Gasteiger partial charge in [-0.15, -0.1) is 24.8 Å². The van der Waals surface area contributed by atoms with E-state index in [1.54, 1.807) is 4.90 Å². The fourth-order valence-electron chi connectivity index (χ4n) is 3.63. The molecule has 0 radical (unpaired) electrons. The van der Waals surface area contributed by atoms with Crippen molar-refractivity contribution in [2.75, 3.05) is 44.6 Å². The molecular weight excluding hydrogens is 425 g/mol. The Morgan fingerprint density at radius 3 is 2.24 bits per heavy atom. The number of para-hydroxylation sites is 1. The quantitative estimate of drug-likeness (QED) is 0.734. The van der Waals surface area contributed by atoms with E-state index in [2.05, 4.69) is 10.6 Å². The third kappa shape index (κ3) is 6.50. The van der Waals surface area contributed by atoms with Crippen molar-refractivity contribution in [1.29, 1.82) is 0 Å². The Hall–Kier alpha value is -1.48. The number of rotatable bonds is 4. The van der Waals surface area contributed by atoms with Crippen molar-refractivity contribution in [3.05, 3.63) is 29.3 Å². The number of carbonyl (C=O) groups excluding carboxylic acids is 2. The molecule has 1 unspecified atom stereocenters. The molecule has 0 bridgehead atoms. The lowest BCUT2D eigenvalue weighted by atomic mass is 10.1. The maximum atomic E-state index is 13.3. The van der Waals surface area contributed by atoms with Gasteiger partial charge in [0.1, 0.15) is 0 Å². The van der Waals surface area contributed by atoms with Crippen molar-refractivity contribution in [3.8, 4) is 0 Å². The van der Waals surface area contributed by atoms with Crippen molar-refractivity contribution in [2.24, 2.45) is 0 Å². The minimum Gasteiger partial charge on any atom is -0.339 e. The Bertz CT molecular complexity index is 708. The van der Waals surface area contributed by atoms with Crippen LogP contribution in [-0.2, 0) is 9.59 Å². The first-order valence-corrected chi connectivity index (χ1v) is 9.23. The van der Waals surface area contributed by atoms with Crippen LogP contribution in [0.25, 0.3) is 0 Å². The van der Waals surface area contributed by atoms with E-state index >= 15 is 0 Å². The smallest absolute Gasteiger partial charge is 0.262 e. The van der Waals surface area contributed by atoms with E-state index in [0.717, 1.165) is 16.8 Å². The van der Waals surface area contributed by atoms with Gasteiger partial charge in [0.15, 0.2) is 0 Å². The van der Waals surface area contributed by atoms with Crippen LogP contribution in [0.15, 0.2) is 18.2 Å². The molecule has 0 aromatic heterocycles. The van der Waals surface area contributed by atoms with Gasteiger partial charge in [0, 0.05) is 38.3 Å². The summed E-state index contributed by atoms with van der Waals surface area (Å²) >= 11 is 0. The van der Waals surface area contributed by atoms with Gasteiger partial charge in [-0.25, -0.2) is 8.78 Å². The van der Waals surface area contributed by atoms with Crippen molar-refractivity contribution >= 4 is 42.3 Å². The average Bonchev–Trinajstić information content (AvgIpc) is 2.98. The molecule has 10 heteroatoms. The molecule has 1 aromatic carbocycles. The first-order chi connectivity index (χ1) is 12.7. The number of amides is 2. The molecule has 0 saturated carbocycles. The second-order valence-corrected chi connectivity index (χ2v) is 7.41. The molecule has 164 valence electrons. The molecule has 2 heterocycles. The summed E-state index contributed by atoms with van der Waals surface area (Å²) in [6.07, 6.45) is -0.440. The highest BCUT2D eigenvalue weighted by molar-refractivity contribution is 5.93. The lowest BCUT2D eigenvalue weighted by Gasteiger charge is -2.35. The highest BCUT2D eigenvalue weighted by Gasteiger charge is 2.43. The predicted molar refractivity (Wildman–Crippen MR) is 113 cm³/mol. The van der Waals surface area contributed by atoms with Gasteiger partial charge in [-0.1, -0.05) is 18.2 Å². The van der Waals surface area contributed by atoms with Gasteiger partial charge in [-0.2, -0.15) is 0 Å². The van der Waals surface area contributed by atoms with Crippen molar-refractivity contribution in [1.82, 2.24) is 15.1 Å². The van der Waals surface area contributed by atoms with Crippen LogP contribution in [0.4, 0.5) is 14.5 Å². The average molecular weight is 453 g/mol. The van der Waals surface area contributed by atoms with E-state index in [9.17, 15) is 18.4 Å². The summed E-state index contributed by atoms with van der Waals surface area (Å²) in [5, 5.41) is 5.57. The van der Waals surface area contributed by atoms with Crippen LogP contribution < -0.4 is 10.6 Å². The number of hydrogen-bond donors (Lipinski definition) is 2. The highest BCUT2D eigenvalue weighted by Crippen LogP contribution is 2.26. The first kappa shape index (κ1) is 25.6. The summed E-state index contributed by atoms with van der Waals surface area (Å²) in [4.78, 5) is 28.3. The molecular formula is C19H28Cl2F2N4O2. The molecule has 2 aliphatic heterocycles. The molecule has 2 fully saturated rings. The monoisotopic (exact) mass is 452 g/mol. The molecule has 0 spiro atoms. The minimum absolute atomic E-state index is 0. The topological polar surface area (TPSA) is 64.7 Å². The molecule has 0 aliphatic carbocycles. The summed E-state index contributed by atoms with van der Waals surface area (Å²) in [6.45, 7) is 5.70. The zero-order valence-electron chi connectivity index (χ0n) is 16.5. The van der Waals surface area contributed by atoms with E-state index < -0.39 is 24.9 Å². The summed E-state index contributed by atoms with van der Waals surface area (Å²) in [6, 6.07) is 5.05. The number of nitrogens with one attached hydrogen (secondary N) is 2. The van der Waals surface area contributed by atoms with Gasteiger partial charge in [0.05, 0.1) is 19.1 Å². The molecule has 2 N–H and O–H groups in total. The number of hydrogen-bond acceptors (Lipinski definition) is 4. The maximum absolute atomic E-state index is 13.3. The molecule has 29 heavy (non-hydrogen) atoms. The third-order valence-electron chi connectivity index (χ3n) is 5.20. The fraction of sp³-hybridized carbons (Fsp3) is 0.579. The first-order valence-electron chi connectivity index (χ1n) is 9.23. The largest absolute Gasteiger partial charge is 0.339 e. The SMILES string of the molecule is Cc1cccc(C)c1NC(=O)CN1CCN(C(=O)C2CC(F)(F)CN2)CC1.Cl.Cl. The summed E-state index contributed by atoms with van der Waals surface area (Å²) < 4.78 is 26.6. The normalized spacial score (nSPS) is 21.1. The van der Waals surface area contributed by atoms with Crippen LogP contribution >= 0.6 is 24.8 Å². The predicted octanol–water partition coefficient (Wildman–Crippen LogP) is 2.23. The van der Waals surface area contributed by atoms with Gasteiger partial charge in [0.25, 0.3) is 5.92 Å². The van der Waals surface area contributed by atoms with Crippen LogP contribution in [-0.4, -0.2) is 72.8 Å². The number of alkyl halides is 2. The van der Waals surface area contributed by atoms with Crippen molar-refractivity contribution in [2.45, 2.75) is 32.2 Å². The second-order valence-electron chi connectivity index (χ2n) is 7.41. The van der Waals surface area contributed by atoms with Crippen LogP contribution in [0.2, 0.25) is 0 Å². The van der Waals surface area contributed by atoms with Crippen LogP contribution in [0.5, 0.6) is 0 Å². The van der Waals surface area contributed by atoms with Gasteiger partial charge in [-0.05, 0) is 25.0 Å². The molecule has 2 aliphatic rings. The third-order valence-corrected chi connectivity index (χ3v) is 5.20. The van der Waals surface area contributed by atoms with Gasteiger partial charge < -0.3 is 10.2 Å². The number of piperazine rings is 1. The summed E-state index contributed by atoms with van der Waals surface area (Å²) in [7, 11) is 0. The van der Waals surface area contributed by atoms with E-state index in [4.69, 9.17) is 0 Å². The Morgan fingerprint density at radius 2 is 1.72 bits per heavy atom. The lowest BCUT2D eigenvalue weighted by Crippen LogP contribution is -2.54. The second kappa shape index (κ2) is 10.5. The van der Waals surface area contributed by atoms with Crippen molar-refractivity contribution in [3.63, 3.8) is 0 Å². The number of nitrogens with zero attached hydrogens (tertiary/aromatic N) is 2. The number of carbonyl (C=O) groups is 2. The minimum atomic E-state index is -2.81. The Morgan fingerprint density at radius 1 is 1.14 bits per heavy atom.